The number of aryl methyl sites for hydroxylation is 1. The van der Waals surface area contributed by atoms with Gasteiger partial charge in [-0.3, -0.25) is 9.88 Å². The van der Waals surface area contributed by atoms with Gasteiger partial charge in [0.25, 0.3) is 0 Å². The number of hydrogen-bond acceptors (Lipinski definition) is 9. The summed E-state index contributed by atoms with van der Waals surface area (Å²) in [4.78, 5) is 35.3. The molecule has 1 N–H and O–H groups in total. The van der Waals surface area contributed by atoms with E-state index in [1.165, 1.54) is 25.1 Å². The van der Waals surface area contributed by atoms with Crippen molar-refractivity contribution in [2.24, 2.45) is 0 Å². The van der Waals surface area contributed by atoms with Crippen LogP contribution in [0.5, 0.6) is 5.75 Å². The van der Waals surface area contributed by atoms with Crippen molar-refractivity contribution in [2.75, 3.05) is 18.7 Å². The Morgan fingerprint density at radius 3 is 2.30 bits per heavy atom. The van der Waals surface area contributed by atoms with E-state index in [-0.39, 0.29) is 22.7 Å². The van der Waals surface area contributed by atoms with E-state index in [0.29, 0.717) is 27.4 Å². The molecule has 1 aromatic carbocycles. The number of carbonyl (C=O) groups is 2. The summed E-state index contributed by atoms with van der Waals surface area (Å²) >= 11 is 1.32. The summed E-state index contributed by atoms with van der Waals surface area (Å²) in [5, 5.41) is 13.7. The predicted molar refractivity (Wildman–Crippen MR) is 142 cm³/mol. The van der Waals surface area contributed by atoms with Crippen molar-refractivity contribution < 1.29 is 23.8 Å². The maximum atomic E-state index is 13.5. The van der Waals surface area contributed by atoms with Gasteiger partial charge in [0.1, 0.15) is 40.0 Å². The normalized spacial score (nSPS) is 11.7. The Morgan fingerprint density at radius 1 is 1.11 bits per heavy atom. The maximum absolute atomic E-state index is 13.5. The highest BCUT2D eigenvalue weighted by Crippen LogP contribution is 2.38. The zero-order valence-corrected chi connectivity index (χ0v) is 23.3. The molecule has 3 aromatic rings. The number of aromatic nitrogens is 3. The van der Waals surface area contributed by atoms with Gasteiger partial charge < -0.3 is 14.2 Å². The van der Waals surface area contributed by atoms with Crippen LogP contribution in [0, 0.1) is 18.3 Å². The van der Waals surface area contributed by atoms with Crippen molar-refractivity contribution in [3.8, 4) is 17.5 Å². The number of nitrogens with zero attached hydrogens (tertiary/aromatic N) is 4. The Labute approximate surface area is 220 Å². The summed E-state index contributed by atoms with van der Waals surface area (Å²) in [6.07, 6.45) is 2.57. The number of ether oxygens (including phenoxy) is 3. The highest BCUT2D eigenvalue weighted by atomic mass is 32.2. The SMILES string of the molecule is COc1ccc(C)c(-n2c(NC(=O)OC(C)(C)C)c(C#N)c3cnc(SC)nc32)c1C(=O)OC(C)(C)C. The number of hydrogen-bond donors (Lipinski definition) is 1. The summed E-state index contributed by atoms with van der Waals surface area (Å²) in [7, 11) is 1.45. The van der Waals surface area contributed by atoms with Gasteiger partial charge in [0.2, 0.25) is 0 Å². The number of carbonyl (C=O) groups excluding carboxylic acids is 2. The molecule has 0 fully saturated rings. The smallest absolute Gasteiger partial charge is 0.413 e. The van der Waals surface area contributed by atoms with Crippen LogP contribution >= 0.6 is 11.8 Å². The van der Waals surface area contributed by atoms with Crippen molar-refractivity contribution in [1.82, 2.24) is 14.5 Å². The molecule has 11 heteroatoms. The molecule has 3 rings (SSSR count). The zero-order valence-electron chi connectivity index (χ0n) is 22.5. The molecule has 0 saturated carbocycles. The summed E-state index contributed by atoms with van der Waals surface area (Å²) in [5.41, 5.74) is -0.0145. The number of esters is 1. The van der Waals surface area contributed by atoms with E-state index in [4.69, 9.17) is 14.2 Å². The van der Waals surface area contributed by atoms with E-state index in [1.807, 2.05) is 6.26 Å². The van der Waals surface area contributed by atoms with Crippen LogP contribution in [0.4, 0.5) is 10.6 Å². The number of fused-ring (bicyclic) bond motifs is 1. The summed E-state index contributed by atoms with van der Waals surface area (Å²) in [5.74, 6) is -0.288. The molecule has 37 heavy (non-hydrogen) atoms. The average molecular weight is 526 g/mol. The predicted octanol–water partition coefficient (Wildman–Crippen LogP) is 5.63. The Morgan fingerprint density at radius 2 is 1.76 bits per heavy atom. The number of nitriles is 1. The molecule has 0 aliphatic rings. The second-order valence-electron chi connectivity index (χ2n) is 10.2. The van der Waals surface area contributed by atoms with Crippen LogP contribution in [-0.2, 0) is 9.47 Å². The first-order chi connectivity index (χ1) is 17.2. The summed E-state index contributed by atoms with van der Waals surface area (Å²) in [6, 6.07) is 5.58. The largest absolute Gasteiger partial charge is 0.496 e. The highest BCUT2D eigenvalue weighted by Gasteiger charge is 2.31. The van der Waals surface area contributed by atoms with Crippen LogP contribution in [-0.4, -0.2) is 51.2 Å². The molecule has 0 aliphatic carbocycles. The zero-order chi connectivity index (χ0) is 27.7. The fourth-order valence-corrected chi connectivity index (χ4v) is 3.99. The van der Waals surface area contributed by atoms with Gasteiger partial charge in [0, 0.05) is 6.20 Å². The molecule has 1 amide bonds. The molecule has 0 atom stereocenters. The van der Waals surface area contributed by atoms with Gasteiger partial charge in [-0.2, -0.15) is 5.26 Å². The first-order valence-electron chi connectivity index (χ1n) is 11.5. The Balaban J connectivity index is 2.46. The monoisotopic (exact) mass is 525 g/mol. The number of nitrogens with one attached hydrogen (secondary N) is 1. The fraction of sp³-hybridized carbons (Fsp3) is 0.423. The molecule has 2 heterocycles. The number of thioether (sulfide) groups is 1. The highest BCUT2D eigenvalue weighted by molar-refractivity contribution is 7.98. The van der Waals surface area contributed by atoms with E-state index in [0.717, 1.165) is 0 Å². The molecule has 0 unspecified atom stereocenters. The lowest BCUT2D eigenvalue weighted by molar-refractivity contribution is 0.00664. The number of methoxy groups -OCH3 is 1. The lowest BCUT2D eigenvalue weighted by Gasteiger charge is -2.24. The molecule has 10 nitrogen and oxygen atoms in total. The topological polar surface area (TPSA) is 128 Å². The first kappa shape index (κ1) is 27.8. The fourth-order valence-electron chi connectivity index (χ4n) is 3.66. The lowest BCUT2D eigenvalue weighted by atomic mass is 10.1. The minimum Gasteiger partial charge on any atom is -0.496 e. The van der Waals surface area contributed by atoms with E-state index in [1.54, 1.807) is 65.2 Å². The second kappa shape index (κ2) is 10.3. The number of rotatable bonds is 5. The van der Waals surface area contributed by atoms with Gasteiger partial charge >= 0.3 is 12.1 Å². The number of benzene rings is 1. The Hall–Kier alpha value is -3.78. The maximum Gasteiger partial charge on any atom is 0.413 e. The third-order valence-corrected chi connectivity index (χ3v) is 5.55. The number of amides is 1. The van der Waals surface area contributed by atoms with Crippen LogP contribution in [0.25, 0.3) is 16.7 Å². The Bertz CT molecular complexity index is 1410. The van der Waals surface area contributed by atoms with Crippen LogP contribution in [0.2, 0.25) is 0 Å². The summed E-state index contributed by atoms with van der Waals surface area (Å²) in [6.45, 7) is 12.3. The molecule has 0 radical (unpaired) electrons. The van der Waals surface area contributed by atoms with Gasteiger partial charge in [-0.25, -0.2) is 19.6 Å². The lowest BCUT2D eigenvalue weighted by Crippen LogP contribution is -2.28. The minimum atomic E-state index is -0.786. The van der Waals surface area contributed by atoms with Crippen molar-refractivity contribution in [3.63, 3.8) is 0 Å². The van der Waals surface area contributed by atoms with Gasteiger partial charge in [0.15, 0.2) is 10.8 Å². The third kappa shape index (κ3) is 5.97. The molecule has 196 valence electrons. The first-order valence-corrected chi connectivity index (χ1v) is 12.7. The number of anilines is 1. The standard InChI is InChI=1S/C26H31N5O5S/c1-14-10-11-17(34-8)18(22(32)35-25(2,3)4)19(14)31-20(30-24(33)36-26(5,6)7)15(12-27)16-13-28-23(37-9)29-21(16)31/h10-11,13H,1-9H3,(H,30,33). The molecule has 2 aromatic heterocycles. The van der Waals surface area contributed by atoms with Crippen molar-refractivity contribution >= 4 is 40.7 Å². The molecular formula is C26H31N5O5S. The van der Waals surface area contributed by atoms with Crippen molar-refractivity contribution in [2.45, 2.75) is 64.8 Å². The van der Waals surface area contributed by atoms with Crippen LogP contribution in [0.3, 0.4) is 0 Å². The minimum absolute atomic E-state index is 0.0838. The second-order valence-corrected chi connectivity index (χ2v) is 11.0. The van der Waals surface area contributed by atoms with Crippen LogP contribution in [0.15, 0.2) is 23.5 Å². The Kier molecular flexibility index (Phi) is 7.74. The molecule has 0 aliphatic heterocycles. The van der Waals surface area contributed by atoms with E-state index in [9.17, 15) is 14.9 Å². The van der Waals surface area contributed by atoms with Crippen molar-refractivity contribution in [1.29, 1.82) is 5.26 Å². The third-order valence-electron chi connectivity index (χ3n) is 4.99. The van der Waals surface area contributed by atoms with Gasteiger partial charge in [-0.15, -0.1) is 0 Å². The van der Waals surface area contributed by atoms with Gasteiger partial charge in [-0.05, 0) is 66.4 Å². The van der Waals surface area contributed by atoms with Crippen molar-refractivity contribution in [3.05, 3.63) is 35.0 Å². The molecule has 0 bridgehead atoms. The molecule has 0 saturated heterocycles. The average Bonchev–Trinajstić information content (AvgIpc) is 3.07. The van der Waals surface area contributed by atoms with Gasteiger partial charge in [0.05, 0.1) is 18.2 Å². The molecule has 0 spiro atoms. The summed E-state index contributed by atoms with van der Waals surface area (Å²) < 4.78 is 18.3. The quantitative estimate of drug-likeness (QED) is 0.256. The van der Waals surface area contributed by atoms with E-state index in [2.05, 4.69) is 21.4 Å². The molecular weight excluding hydrogens is 494 g/mol. The van der Waals surface area contributed by atoms with Crippen LogP contribution < -0.4 is 10.1 Å². The van der Waals surface area contributed by atoms with E-state index >= 15 is 0 Å². The van der Waals surface area contributed by atoms with Gasteiger partial charge in [-0.1, -0.05) is 17.8 Å². The van der Waals surface area contributed by atoms with Crippen LogP contribution in [0.1, 0.15) is 63.0 Å². The van der Waals surface area contributed by atoms with E-state index < -0.39 is 23.3 Å².